The Labute approximate surface area is 160 Å². The molecule has 5 nitrogen and oxygen atoms in total. The number of hydrogen-bond acceptors (Lipinski definition) is 5. The number of carbonyl (C=O) groups is 2. The summed E-state index contributed by atoms with van der Waals surface area (Å²) in [6, 6.07) is 13.4. The zero-order chi connectivity index (χ0) is 20.2. The zero-order valence-corrected chi connectivity index (χ0v) is 16.7. The first kappa shape index (κ1) is 20.8. The number of rotatable bonds is 7. The van der Waals surface area contributed by atoms with Crippen molar-refractivity contribution in [2.75, 3.05) is 5.75 Å². The Kier molecular flexibility index (Phi) is 6.54. The van der Waals surface area contributed by atoms with E-state index in [0.717, 1.165) is 11.1 Å². The summed E-state index contributed by atoms with van der Waals surface area (Å²) in [4.78, 5) is 24.5. The van der Waals surface area contributed by atoms with E-state index in [1.165, 1.54) is 19.1 Å². The second-order valence-electron chi connectivity index (χ2n) is 6.75. The van der Waals surface area contributed by atoms with E-state index in [9.17, 15) is 18.0 Å². The smallest absolute Gasteiger partial charge is 0.302 e. The predicted octanol–water partition coefficient (Wildman–Crippen LogP) is 3.53. The molecule has 2 rings (SSSR count). The van der Waals surface area contributed by atoms with E-state index in [-0.39, 0.29) is 10.7 Å². The SMILES string of the molecule is CC(=O)O[C@@H](C)[C@H](CS(=O)(=O)c1ccc(C)cc1)C(=O)c1cccc(C)c1. The van der Waals surface area contributed by atoms with Crippen LogP contribution in [0.4, 0.5) is 0 Å². The number of aryl methyl sites for hydroxylation is 2. The highest BCUT2D eigenvalue weighted by molar-refractivity contribution is 7.91. The van der Waals surface area contributed by atoms with Gasteiger partial charge in [-0.1, -0.05) is 41.5 Å². The van der Waals surface area contributed by atoms with Crippen molar-refractivity contribution in [2.45, 2.75) is 38.7 Å². The normalized spacial score (nSPS) is 13.6. The zero-order valence-electron chi connectivity index (χ0n) is 15.9. The molecule has 2 aromatic rings. The summed E-state index contributed by atoms with van der Waals surface area (Å²) in [5, 5.41) is 0. The summed E-state index contributed by atoms with van der Waals surface area (Å²) in [5.74, 6) is -2.35. The largest absolute Gasteiger partial charge is 0.462 e. The molecule has 0 N–H and O–H groups in total. The minimum Gasteiger partial charge on any atom is -0.462 e. The lowest BCUT2D eigenvalue weighted by Crippen LogP contribution is -2.35. The van der Waals surface area contributed by atoms with Crippen molar-refractivity contribution < 1.29 is 22.7 Å². The monoisotopic (exact) mass is 388 g/mol. The van der Waals surface area contributed by atoms with Gasteiger partial charge in [0.25, 0.3) is 0 Å². The molecule has 0 aliphatic carbocycles. The van der Waals surface area contributed by atoms with Crippen LogP contribution in [0.15, 0.2) is 53.4 Å². The van der Waals surface area contributed by atoms with Crippen molar-refractivity contribution in [1.29, 1.82) is 0 Å². The summed E-state index contributed by atoms with van der Waals surface area (Å²) >= 11 is 0. The minimum absolute atomic E-state index is 0.144. The van der Waals surface area contributed by atoms with Crippen LogP contribution in [-0.2, 0) is 19.4 Å². The Morgan fingerprint density at radius 3 is 2.19 bits per heavy atom. The maximum absolute atomic E-state index is 13.0. The summed E-state index contributed by atoms with van der Waals surface area (Å²) < 4.78 is 30.9. The van der Waals surface area contributed by atoms with E-state index in [0.29, 0.717) is 5.56 Å². The molecule has 0 bridgehead atoms. The molecule has 2 atom stereocenters. The maximum Gasteiger partial charge on any atom is 0.302 e. The third-order valence-corrected chi connectivity index (χ3v) is 6.13. The van der Waals surface area contributed by atoms with Gasteiger partial charge in [-0.05, 0) is 39.0 Å². The number of sulfone groups is 1. The number of carbonyl (C=O) groups excluding carboxylic acids is 2. The minimum atomic E-state index is -3.73. The van der Waals surface area contributed by atoms with Gasteiger partial charge in [0.2, 0.25) is 0 Å². The van der Waals surface area contributed by atoms with Crippen molar-refractivity contribution in [3.63, 3.8) is 0 Å². The average molecular weight is 388 g/mol. The average Bonchev–Trinajstić information content (AvgIpc) is 2.59. The van der Waals surface area contributed by atoms with Gasteiger partial charge in [0, 0.05) is 12.5 Å². The van der Waals surface area contributed by atoms with Crippen molar-refractivity contribution in [3.8, 4) is 0 Å². The molecule has 0 saturated carbocycles. The van der Waals surface area contributed by atoms with E-state index >= 15 is 0 Å². The molecule has 27 heavy (non-hydrogen) atoms. The fraction of sp³-hybridized carbons (Fsp3) is 0.333. The lowest BCUT2D eigenvalue weighted by atomic mass is 9.94. The van der Waals surface area contributed by atoms with Gasteiger partial charge in [-0.25, -0.2) is 8.42 Å². The van der Waals surface area contributed by atoms with Crippen molar-refractivity contribution in [1.82, 2.24) is 0 Å². The van der Waals surface area contributed by atoms with Crippen LogP contribution in [0, 0.1) is 19.8 Å². The molecular weight excluding hydrogens is 364 g/mol. The Morgan fingerprint density at radius 2 is 1.63 bits per heavy atom. The molecule has 0 aliphatic heterocycles. The second-order valence-corrected chi connectivity index (χ2v) is 8.78. The lowest BCUT2D eigenvalue weighted by Gasteiger charge is -2.23. The fourth-order valence-corrected chi connectivity index (χ4v) is 4.50. The van der Waals surface area contributed by atoms with Crippen LogP contribution >= 0.6 is 0 Å². The van der Waals surface area contributed by atoms with E-state index in [2.05, 4.69) is 0 Å². The van der Waals surface area contributed by atoms with Gasteiger partial charge < -0.3 is 4.74 Å². The molecule has 0 aromatic heterocycles. The number of Topliss-reactive ketones (excluding diaryl/α,β-unsaturated/α-hetero) is 1. The Balaban J connectivity index is 2.38. The lowest BCUT2D eigenvalue weighted by molar-refractivity contribution is -0.146. The quantitative estimate of drug-likeness (QED) is 0.536. The first-order chi connectivity index (χ1) is 12.6. The molecule has 6 heteroatoms. The number of ketones is 1. The summed E-state index contributed by atoms with van der Waals surface area (Å²) in [5.41, 5.74) is 2.23. The molecule has 0 unspecified atom stereocenters. The van der Waals surface area contributed by atoms with Crippen LogP contribution in [0.25, 0.3) is 0 Å². The highest BCUT2D eigenvalue weighted by atomic mass is 32.2. The second kappa shape index (κ2) is 8.48. The highest BCUT2D eigenvalue weighted by Crippen LogP contribution is 2.22. The van der Waals surface area contributed by atoms with Crippen LogP contribution in [0.3, 0.4) is 0 Å². The van der Waals surface area contributed by atoms with E-state index in [1.54, 1.807) is 37.3 Å². The van der Waals surface area contributed by atoms with Crippen molar-refractivity contribution in [3.05, 3.63) is 65.2 Å². The highest BCUT2D eigenvalue weighted by Gasteiger charge is 2.33. The van der Waals surface area contributed by atoms with Gasteiger partial charge in [0.05, 0.1) is 16.6 Å². The number of ether oxygens (including phenoxy) is 1. The van der Waals surface area contributed by atoms with Crippen LogP contribution < -0.4 is 0 Å². The fourth-order valence-electron chi connectivity index (χ4n) is 2.86. The molecule has 0 aliphatic rings. The molecule has 0 radical (unpaired) electrons. The summed E-state index contributed by atoms with van der Waals surface area (Å²) in [6.07, 6.45) is -0.865. The Bertz CT molecular complexity index is 929. The molecular formula is C21H24O5S. The van der Waals surface area contributed by atoms with Crippen LogP contribution in [-0.4, -0.2) is 32.0 Å². The van der Waals surface area contributed by atoms with Gasteiger partial charge in [0.15, 0.2) is 15.6 Å². The van der Waals surface area contributed by atoms with Gasteiger partial charge in [-0.15, -0.1) is 0 Å². The van der Waals surface area contributed by atoms with Gasteiger partial charge in [-0.3, -0.25) is 9.59 Å². The van der Waals surface area contributed by atoms with Crippen LogP contribution in [0.2, 0.25) is 0 Å². The van der Waals surface area contributed by atoms with E-state index < -0.39 is 33.6 Å². The predicted molar refractivity (Wildman–Crippen MR) is 103 cm³/mol. The van der Waals surface area contributed by atoms with Crippen LogP contribution in [0.5, 0.6) is 0 Å². The van der Waals surface area contributed by atoms with Gasteiger partial charge in [0.1, 0.15) is 6.10 Å². The molecule has 2 aromatic carbocycles. The third kappa shape index (κ3) is 5.50. The summed E-state index contributed by atoms with van der Waals surface area (Å²) in [6.45, 7) is 6.50. The number of benzene rings is 2. The molecule has 144 valence electrons. The topological polar surface area (TPSA) is 77.5 Å². The summed E-state index contributed by atoms with van der Waals surface area (Å²) in [7, 11) is -3.73. The van der Waals surface area contributed by atoms with E-state index in [1.807, 2.05) is 19.9 Å². The molecule has 0 saturated heterocycles. The molecule has 0 heterocycles. The Hall–Kier alpha value is -2.47. The van der Waals surface area contributed by atoms with Gasteiger partial charge in [-0.2, -0.15) is 0 Å². The first-order valence-electron chi connectivity index (χ1n) is 8.67. The molecule has 0 fully saturated rings. The maximum atomic E-state index is 13.0. The standard InChI is InChI=1S/C21H24O5S/c1-14-8-10-19(11-9-14)27(24,25)13-20(16(3)26-17(4)22)21(23)18-7-5-6-15(2)12-18/h5-12,16,20H,13H2,1-4H3/t16-,20-/m0/s1. The van der Waals surface area contributed by atoms with E-state index in [4.69, 9.17) is 4.74 Å². The Morgan fingerprint density at radius 1 is 1.00 bits per heavy atom. The number of hydrogen-bond donors (Lipinski definition) is 0. The first-order valence-corrected chi connectivity index (χ1v) is 10.3. The van der Waals surface area contributed by atoms with Crippen LogP contribution in [0.1, 0.15) is 35.3 Å². The third-order valence-electron chi connectivity index (χ3n) is 4.34. The number of esters is 1. The molecule has 0 amide bonds. The van der Waals surface area contributed by atoms with Crippen molar-refractivity contribution >= 4 is 21.6 Å². The van der Waals surface area contributed by atoms with Gasteiger partial charge >= 0.3 is 5.97 Å². The van der Waals surface area contributed by atoms with Crippen molar-refractivity contribution in [2.24, 2.45) is 5.92 Å². The molecule has 0 spiro atoms.